The fraction of sp³-hybridized carbons (Fsp3) is 0.211. The van der Waals surface area contributed by atoms with Crippen LogP contribution in [0.2, 0.25) is 0 Å². The van der Waals surface area contributed by atoms with Gasteiger partial charge in [0.25, 0.3) is 0 Å². The monoisotopic (exact) mass is 279 g/mol. The van der Waals surface area contributed by atoms with Crippen molar-refractivity contribution in [3.05, 3.63) is 77.4 Å². The number of hydrogen-bond donors (Lipinski definition) is 1. The van der Waals surface area contributed by atoms with E-state index in [9.17, 15) is 4.79 Å². The van der Waals surface area contributed by atoms with Gasteiger partial charge in [-0.05, 0) is 30.0 Å². The molecule has 21 heavy (non-hydrogen) atoms. The Labute approximate surface area is 126 Å². The maximum absolute atomic E-state index is 11.8. The Morgan fingerprint density at radius 1 is 1.14 bits per heavy atom. The average molecular weight is 279 g/mol. The quantitative estimate of drug-likeness (QED) is 0.826. The first-order chi connectivity index (χ1) is 10.1. The average Bonchev–Trinajstić information content (AvgIpc) is 2.51. The second-order valence-corrected chi connectivity index (χ2v) is 5.30. The summed E-state index contributed by atoms with van der Waals surface area (Å²) >= 11 is 0. The fourth-order valence-electron chi connectivity index (χ4n) is 2.16. The normalized spacial score (nSPS) is 12.3. The summed E-state index contributed by atoms with van der Waals surface area (Å²) in [6, 6.07) is 18.3. The van der Waals surface area contributed by atoms with E-state index < -0.39 is 0 Å². The number of aryl methyl sites for hydroxylation is 1. The number of carbonyl (C=O) groups is 1. The largest absolute Gasteiger partial charge is 0.352 e. The lowest BCUT2D eigenvalue weighted by atomic mass is 10.0. The number of rotatable bonds is 5. The molecule has 0 saturated heterocycles. The van der Waals surface area contributed by atoms with E-state index in [-0.39, 0.29) is 5.91 Å². The molecule has 1 atom stereocenters. The topological polar surface area (TPSA) is 29.1 Å². The summed E-state index contributed by atoms with van der Waals surface area (Å²) in [5.74, 6) is 0.252. The highest BCUT2D eigenvalue weighted by molar-refractivity contribution is 5.91. The molecule has 108 valence electrons. The summed E-state index contributed by atoms with van der Waals surface area (Å²) in [6.45, 7) is 4.79. The van der Waals surface area contributed by atoms with Gasteiger partial charge in [-0.25, -0.2) is 0 Å². The van der Waals surface area contributed by atoms with Gasteiger partial charge in [-0.1, -0.05) is 67.1 Å². The van der Waals surface area contributed by atoms with Crippen LogP contribution >= 0.6 is 0 Å². The molecule has 0 bridgehead atoms. The van der Waals surface area contributed by atoms with Crippen LogP contribution in [0, 0.1) is 6.92 Å². The van der Waals surface area contributed by atoms with Crippen molar-refractivity contribution < 1.29 is 4.79 Å². The van der Waals surface area contributed by atoms with Gasteiger partial charge in [0.2, 0.25) is 5.91 Å². The summed E-state index contributed by atoms with van der Waals surface area (Å²) < 4.78 is 0. The molecule has 2 aromatic carbocycles. The van der Waals surface area contributed by atoms with Crippen LogP contribution in [0.4, 0.5) is 0 Å². The standard InChI is InChI=1S/C19H21NO/c1-15-7-6-8-17(13-15)11-12-19(21)20-14-16(2)18-9-4-3-5-10-18/h3-13,16H,14H2,1-2H3,(H,20,21). The molecule has 1 N–H and O–H groups in total. The van der Waals surface area contributed by atoms with E-state index in [1.165, 1.54) is 11.1 Å². The van der Waals surface area contributed by atoms with Crippen LogP contribution in [0.15, 0.2) is 60.7 Å². The fourth-order valence-corrected chi connectivity index (χ4v) is 2.16. The molecule has 2 rings (SSSR count). The number of hydrogen-bond acceptors (Lipinski definition) is 1. The highest BCUT2D eigenvalue weighted by atomic mass is 16.1. The van der Waals surface area contributed by atoms with Gasteiger partial charge >= 0.3 is 0 Å². The molecule has 0 saturated carbocycles. The summed E-state index contributed by atoms with van der Waals surface area (Å²) in [4.78, 5) is 11.8. The lowest BCUT2D eigenvalue weighted by molar-refractivity contribution is -0.116. The summed E-state index contributed by atoms with van der Waals surface area (Å²) in [5.41, 5.74) is 3.47. The predicted molar refractivity (Wildman–Crippen MR) is 88.1 cm³/mol. The third kappa shape index (κ3) is 4.92. The van der Waals surface area contributed by atoms with Crippen LogP contribution in [-0.2, 0) is 4.79 Å². The molecule has 0 radical (unpaired) electrons. The molecule has 0 fully saturated rings. The molecule has 2 heteroatoms. The Morgan fingerprint density at radius 3 is 2.62 bits per heavy atom. The minimum atomic E-state index is -0.0562. The van der Waals surface area contributed by atoms with Crippen LogP contribution in [0.3, 0.4) is 0 Å². The van der Waals surface area contributed by atoms with E-state index in [0.29, 0.717) is 12.5 Å². The molecule has 0 aliphatic heterocycles. The van der Waals surface area contributed by atoms with Gasteiger partial charge in [0.15, 0.2) is 0 Å². The van der Waals surface area contributed by atoms with E-state index in [1.54, 1.807) is 6.08 Å². The van der Waals surface area contributed by atoms with Gasteiger partial charge < -0.3 is 5.32 Å². The molecule has 2 nitrogen and oxygen atoms in total. The molecular formula is C19H21NO. The maximum atomic E-state index is 11.8. The van der Waals surface area contributed by atoms with Gasteiger partial charge in [-0.3, -0.25) is 4.79 Å². The highest BCUT2D eigenvalue weighted by Gasteiger charge is 2.05. The molecule has 0 spiro atoms. The Kier molecular flexibility index (Phi) is 5.33. The van der Waals surface area contributed by atoms with E-state index in [2.05, 4.69) is 30.4 Å². The maximum Gasteiger partial charge on any atom is 0.244 e. The minimum absolute atomic E-state index is 0.0562. The van der Waals surface area contributed by atoms with Crippen molar-refractivity contribution in [2.75, 3.05) is 6.54 Å². The van der Waals surface area contributed by atoms with Crippen molar-refractivity contribution in [3.8, 4) is 0 Å². The number of amides is 1. The van der Waals surface area contributed by atoms with E-state index in [4.69, 9.17) is 0 Å². The lowest BCUT2D eigenvalue weighted by Gasteiger charge is -2.11. The molecule has 0 aromatic heterocycles. The van der Waals surface area contributed by atoms with Gasteiger partial charge in [0.05, 0.1) is 0 Å². The smallest absolute Gasteiger partial charge is 0.244 e. The van der Waals surface area contributed by atoms with Gasteiger partial charge in [-0.15, -0.1) is 0 Å². The second-order valence-electron chi connectivity index (χ2n) is 5.30. The molecule has 0 aliphatic carbocycles. The number of carbonyl (C=O) groups excluding carboxylic acids is 1. The van der Waals surface area contributed by atoms with Crippen molar-refractivity contribution in [2.45, 2.75) is 19.8 Å². The lowest BCUT2D eigenvalue weighted by Crippen LogP contribution is -2.25. The van der Waals surface area contributed by atoms with Gasteiger partial charge in [-0.2, -0.15) is 0 Å². The first kappa shape index (κ1) is 15.0. The van der Waals surface area contributed by atoms with Crippen molar-refractivity contribution in [1.82, 2.24) is 5.32 Å². The molecule has 0 aliphatic rings. The highest BCUT2D eigenvalue weighted by Crippen LogP contribution is 2.13. The van der Waals surface area contributed by atoms with Crippen LogP contribution < -0.4 is 5.32 Å². The van der Waals surface area contributed by atoms with Crippen molar-refractivity contribution >= 4 is 12.0 Å². The predicted octanol–water partition coefficient (Wildman–Crippen LogP) is 3.93. The van der Waals surface area contributed by atoms with E-state index in [0.717, 1.165) is 5.56 Å². The van der Waals surface area contributed by atoms with E-state index >= 15 is 0 Å². The van der Waals surface area contributed by atoms with Crippen LogP contribution in [-0.4, -0.2) is 12.5 Å². The number of nitrogens with one attached hydrogen (secondary N) is 1. The Morgan fingerprint density at radius 2 is 1.90 bits per heavy atom. The SMILES string of the molecule is Cc1cccc(C=CC(=O)NCC(C)c2ccccc2)c1. The number of benzene rings is 2. The zero-order valence-corrected chi connectivity index (χ0v) is 12.5. The van der Waals surface area contributed by atoms with Crippen molar-refractivity contribution in [2.24, 2.45) is 0 Å². The van der Waals surface area contributed by atoms with Gasteiger partial charge in [0.1, 0.15) is 0 Å². The summed E-state index contributed by atoms with van der Waals surface area (Å²) in [7, 11) is 0. The first-order valence-electron chi connectivity index (χ1n) is 7.22. The third-order valence-corrected chi connectivity index (χ3v) is 3.42. The first-order valence-corrected chi connectivity index (χ1v) is 7.22. The Balaban J connectivity index is 1.85. The van der Waals surface area contributed by atoms with Crippen molar-refractivity contribution in [3.63, 3.8) is 0 Å². The summed E-state index contributed by atoms with van der Waals surface area (Å²) in [5, 5.41) is 2.94. The minimum Gasteiger partial charge on any atom is -0.352 e. The van der Waals surface area contributed by atoms with Crippen LogP contribution in [0.1, 0.15) is 29.5 Å². The molecule has 1 amide bonds. The zero-order chi connectivity index (χ0) is 15.1. The van der Waals surface area contributed by atoms with Crippen LogP contribution in [0.5, 0.6) is 0 Å². The molecular weight excluding hydrogens is 258 g/mol. The Hall–Kier alpha value is -2.35. The molecule has 0 heterocycles. The molecule has 1 unspecified atom stereocenters. The van der Waals surface area contributed by atoms with Gasteiger partial charge in [0, 0.05) is 12.6 Å². The Bertz CT molecular complexity index is 616. The second kappa shape index (κ2) is 7.44. The van der Waals surface area contributed by atoms with Crippen molar-refractivity contribution in [1.29, 1.82) is 0 Å². The van der Waals surface area contributed by atoms with Crippen LogP contribution in [0.25, 0.3) is 6.08 Å². The summed E-state index contributed by atoms with van der Waals surface area (Å²) in [6.07, 6.45) is 3.43. The third-order valence-electron chi connectivity index (χ3n) is 3.42. The molecule has 2 aromatic rings. The zero-order valence-electron chi connectivity index (χ0n) is 12.5. The van der Waals surface area contributed by atoms with E-state index in [1.807, 2.05) is 49.4 Å².